The summed E-state index contributed by atoms with van der Waals surface area (Å²) in [4.78, 5) is 2.64. The number of hydrogen-bond donors (Lipinski definition) is 1. The molecule has 0 aromatic rings. The van der Waals surface area contributed by atoms with Crippen LogP contribution in [0, 0.1) is 0 Å². The lowest BCUT2D eigenvalue weighted by Crippen LogP contribution is -2.49. The molecule has 1 aliphatic rings. The van der Waals surface area contributed by atoms with Crippen molar-refractivity contribution in [2.45, 2.75) is 52.1 Å². The maximum Gasteiger partial charge on any atom is 0.0223 e. The van der Waals surface area contributed by atoms with Gasteiger partial charge in [-0.2, -0.15) is 0 Å². The Morgan fingerprint density at radius 3 is 2.69 bits per heavy atom. The average molecular weight is 184 g/mol. The largest absolute Gasteiger partial charge is 0.315 e. The molecule has 1 aliphatic heterocycles. The van der Waals surface area contributed by atoms with E-state index < -0.39 is 0 Å². The lowest BCUT2D eigenvalue weighted by atomic mass is 10.0. The minimum absolute atomic E-state index is 0.699. The van der Waals surface area contributed by atoms with Crippen molar-refractivity contribution in [3.63, 3.8) is 0 Å². The van der Waals surface area contributed by atoms with Crippen LogP contribution in [0.3, 0.4) is 0 Å². The predicted molar refractivity (Wildman–Crippen MR) is 58.0 cm³/mol. The fourth-order valence-corrected chi connectivity index (χ4v) is 2.24. The molecule has 1 heterocycles. The molecular weight excluding hydrogens is 160 g/mol. The maximum absolute atomic E-state index is 3.49. The van der Waals surface area contributed by atoms with Gasteiger partial charge in [0.1, 0.15) is 0 Å². The number of hydrogen-bond acceptors (Lipinski definition) is 2. The van der Waals surface area contributed by atoms with E-state index in [1.165, 1.54) is 38.9 Å². The van der Waals surface area contributed by atoms with E-state index in [4.69, 9.17) is 0 Å². The minimum atomic E-state index is 0.699. The first kappa shape index (κ1) is 11.0. The molecule has 0 spiro atoms. The Hall–Kier alpha value is -0.0800. The maximum atomic E-state index is 3.49. The quantitative estimate of drug-likeness (QED) is 0.717. The second-order valence-electron chi connectivity index (χ2n) is 4.33. The van der Waals surface area contributed by atoms with Crippen LogP contribution in [0.2, 0.25) is 0 Å². The molecule has 1 atom stereocenters. The number of nitrogens with one attached hydrogen (secondary N) is 1. The van der Waals surface area contributed by atoms with Gasteiger partial charge in [-0.05, 0) is 46.2 Å². The summed E-state index contributed by atoms with van der Waals surface area (Å²) in [5.41, 5.74) is 0. The van der Waals surface area contributed by atoms with Gasteiger partial charge in [-0.1, -0.05) is 6.92 Å². The molecule has 1 saturated heterocycles. The Balaban J connectivity index is 2.41. The first-order chi connectivity index (χ1) is 6.25. The normalized spacial score (nSPS) is 24.2. The van der Waals surface area contributed by atoms with Gasteiger partial charge in [-0.15, -0.1) is 0 Å². The van der Waals surface area contributed by atoms with Crippen LogP contribution in [0.25, 0.3) is 0 Å². The van der Waals surface area contributed by atoms with Crippen molar-refractivity contribution in [3.8, 4) is 0 Å². The summed E-state index contributed by atoms with van der Waals surface area (Å²) in [6, 6.07) is 1.48. The van der Waals surface area contributed by atoms with Crippen LogP contribution in [0.15, 0.2) is 0 Å². The predicted octanol–water partition coefficient (Wildman–Crippen LogP) is 1.86. The molecule has 1 unspecified atom stereocenters. The highest BCUT2D eigenvalue weighted by atomic mass is 15.2. The van der Waals surface area contributed by atoms with Crippen LogP contribution in [-0.4, -0.2) is 36.6 Å². The molecule has 0 aromatic carbocycles. The van der Waals surface area contributed by atoms with Crippen molar-refractivity contribution in [1.82, 2.24) is 10.2 Å². The topological polar surface area (TPSA) is 15.3 Å². The molecule has 0 saturated carbocycles. The van der Waals surface area contributed by atoms with E-state index in [0.717, 1.165) is 6.04 Å². The molecule has 2 nitrogen and oxygen atoms in total. The van der Waals surface area contributed by atoms with Gasteiger partial charge in [-0.25, -0.2) is 0 Å². The van der Waals surface area contributed by atoms with E-state index >= 15 is 0 Å². The Labute approximate surface area is 82.7 Å². The van der Waals surface area contributed by atoms with Crippen LogP contribution < -0.4 is 5.32 Å². The lowest BCUT2D eigenvalue weighted by molar-refractivity contribution is 0.129. The van der Waals surface area contributed by atoms with Gasteiger partial charge in [0, 0.05) is 18.6 Å². The van der Waals surface area contributed by atoms with Gasteiger partial charge >= 0.3 is 0 Å². The third-order valence-electron chi connectivity index (χ3n) is 2.88. The Kier molecular flexibility index (Phi) is 4.74. The molecule has 0 aliphatic carbocycles. The van der Waals surface area contributed by atoms with E-state index in [-0.39, 0.29) is 0 Å². The zero-order valence-electron chi connectivity index (χ0n) is 9.34. The first-order valence-electron chi connectivity index (χ1n) is 5.72. The van der Waals surface area contributed by atoms with E-state index in [1.807, 2.05) is 0 Å². The SMILES string of the molecule is CCCN(C(C)C)C1CCCNC1. The van der Waals surface area contributed by atoms with Crippen molar-refractivity contribution in [2.24, 2.45) is 0 Å². The minimum Gasteiger partial charge on any atom is -0.315 e. The van der Waals surface area contributed by atoms with Crippen LogP contribution in [0.5, 0.6) is 0 Å². The molecule has 0 aromatic heterocycles. The summed E-state index contributed by atoms with van der Waals surface area (Å²) in [5.74, 6) is 0. The van der Waals surface area contributed by atoms with Crippen molar-refractivity contribution in [3.05, 3.63) is 0 Å². The molecule has 1 rings (SSSR count). The number of piperidine rings is 1. The fraction of sp³-hybridized carbons (Fsp3) is 1.00. The molecule has 0 amide bonds. The molecular formula is C11H24N2. The Bertz CT molecular complexity index is 128. The van der Waals surface area contributed by atoms with Gasteiger partial charge in [0.15, 0.2) is 0 Å². The van der Waals surface area contributed by atoms with Gasteiger partial charge in [0.2, 0.25) is 0 Å². The molecule has 1 fully saturated rings. The first-order valence-corrected chi connectivity index (χ1v) is 5.72. The lowest BCUT2D eigenvalue weighted by Gasteiger charge is -2.37. The summed E-state index contributed by atoms with van der Waals surface area (Å²) >= 11 is 0. The van der Waals surface area contributed by atoms with Crippen molar-refractivity contribution >= 4 is 0 Å². The van der Waals surface area contributed by atoms with Crippen molar-refractivity contribution in [2.75, 3.05) is 19.6 Å². The second-order valence-corrected chi connectivity index (χ2v) is 4.33. The molecule has 1 N–H and O–H groups in total. The number of nitrogens with zero attached hydrogens (tertiary/aromatic N) is 1. The third-order valence-corrected chi connectivity index (χ3v) is 2.88. The average Bonchev–Trinajstić information content (AvgIpc) is 2.15. The van der Waals surface area contributed by atoms with E-state index in [2.05, 4.69) is 31.0 Å². The highest BCUT2D eigenvalue weighted by Crippen LogP contribution is 2.13. The van der Waals surface area contributed by atoms with E-state index in [0.29, 0.717) is 6.04 Å². The van der Waals surface area contributed by atoms with Gasteiger partial charge < -0.3 is 5.32 Å². The summed E-state index contributed by atoms with van der Waals surface area (Å²) in [5, 5.41) is 3.49. The monoisotopic (exact) mass is 184 g/mol. The van der Waals surface area contributed by atoms with Crippen LogP contribution in [-0.2, 0) is 0 Å². The highest BCUT2D eigenvalue weighted by Gasteiger charge is 2.21. The van der Waals surface area contributed by atoms with E-state index in [9.17, 15) is 0 Å². The van der Waals surface area contributed by atoms with Gasteiger partial charge in [-0.3, -0.25) is 4.90 Å². The molecule has 0 radical (unpaired) electrons. The standard InChI is InChI=1S/C11H24N2/c1-4-8-13(10(2)3)11-6-5-7-12-9-11/h10-12H,4-9H2,1-3H3. The van der Waals surface area contributed by atoms with Crippen LogP contribution >= 0.6 is 0 Å². The number of rotatable bonds is 4. The Morgan fingerprint density at radius 1 is 1.46 bits per heavy atom. The van der Waals surface area contributed by atoms with Gasteiger partial charge in [0.25, 0.3) is 0 Å². The Morgan fingerprint density at radius 2 is 2.23 bits per heavy atom. The fourth-order valence-electron chi connectivity index (χ4n) is 2.24. The van der Waals surface area contributed by atoms with E-state index in [1.54, 1.807) is 0 Å². The van der Waals surface area contributed by atoms with Crippen molar-refractivity contribution in [1.29, 1.82) is 0 Å². The second kappa shape index (κ2) is 5.61. The van der Waals surface area contributed by atoms with Crippen LogP contribution in [0.4, 0.5) is 0 Å². The zero-order chi connectivity index (χ0) is 9.68. The summed E-state index contributed by atoms with van der Waals surface area (Å²) < 4.78 is 0. The molecule has 2 heteroatoms. The zero-order valence-corrected chi connectivity index (χ0v) is 9.34. The third kappa shape index (κ3) is 3.28. The summed E-state index contributed by atoms with van der Waals surface area (Å²) in [6.45, 7) is 10.6. The van der Waals surface area contributed by atoms with Gasteiger partial charge in [0.05, 0.1) is 0 Å². The molecule has 0 bridgehead atoms. The molecule has 78 valence electrons. The van der Waals surface area contributed by atoms with Crippen LogP contribution in [0.1, 0.15) is 40.0 Å². The summed E-state index contributed by atoms with van der Waals surface area (Å²) in [7, 11) is 0. The smallest absolute Gasteiger partial charge is 0.0223 e. The summed E-state index contributed by atoms with van der Waals surface area (Å²) in [6.07, 6.45) is 4.00. The van der Waals surface area contributed by atoms with Crippen molar-refractivity contribution < 1.29 is 0 Å². The highest BCUT2D eigenvalue weighted by molar-refractivity contribution is 4.80. The molecule has 13 heavy (non-hydrogen) atoms.